The number of carbonyl (C=O) groups excluding carboxylic acids is 1. The molecule has 1 aromatic carbocycles. The van der Waals surface area contributed by atoms with Crippen molar-refractivity contribution >= 4 is 27.5 Å². The third-order valence-corrected chi connectivity index (χ3v) is 6.75. The summed E-state index contributed by atoms with van der Waals surface area (Å²) in [6.45, 7) is 1.88. The number of amides is 1. The van der Waals surface area contributed by atoms with Crippen LogP contribution in [0.15, 0.2) is 52.4 Å². The molecule has 0 spiro atoms. The maximum Gasteiger partial charge on any atom is 0.256 e. The zero-order valence-electron chi connectivity index (χ0n) is 13.5. The van der Waals surface area contributed by atoms with Crippen LogP contribution in [0.25, 0.3) is 0 Å². The van der Waals surface area contributed by atoms with Crippen molar-refractivity contribution in [2.75, 3.05) is 18.6 Å². The van der Waals surface area contributed by atoms with Gasteiger partial charge in [0.25, 0.3) is 5.91 Å². The number of hydrogen-bond donors (Lipinski definition) is 0. The summed E-state index contributed by atoms with van der Waals surface area (Å²) in [7, 11) is -1.32. The smallest absolute Gasteiger partial charge is 0.256 e. The van der Waals surface area contributed by atoms with Crippen LogP contribution in [-0.4, -0.2) is 48.8 Å². The third-order valence-electron chi connectivity index (χ3n) is 3.95. The summed E-state index contributed by atoms with van der Waals surface area (Å²) in [5, 5.41) is 0.639. The number of rotatable bonds is 4. The van der Waals surface area contributed by atoms with Gasteiger partial charge >= 0.3 is 0 Å². The van der Waals surface area contributed by atoms with Gasteiger partial charge in [0.2, 0.25) is 0 Å². The largest absolute Gasteiger partial charge is 0.337 e. The van der Waals surface area contributed by atoms with Crippen LogP contribution in [-0.2, 0) is 9.84 Å². The normalized spacial score (nSPS) is 16.4. The Hall–Kier alpha value is -1.86. The van der Waals surface area contributed by atoms with Gasteiger partial charge in [-0.3, -0.25) is 4.79 Å². The number of aromatic nitrogens is 1. The number of pyridine rings is 1. The van der Waals surface area contributed by atoms with Crippen molar-refractivity contribution in [1.29, 1.82) is 0 Å². The SMILES string of the molecule is Cc1ccc(C(=O)N(C)C2CS(=O)(=O)C2)c(Sc2ccccc2)n1. The van der Waals surface area contributed by atoms with E-state index in [0.29, 0.717) is 10.6 Å². The molecule has 1 saturated heterocycles. The zero-order chi connectivity index (χ0) is 17.3. The Morgan fingerprint density at radius 1 is 1.17 bits per heavy atom. The molecule has 0 saturated carbocycles. The number of sulfone groups is 1. The molecule has 1 aliphatic rings. The van der Waals surface area contributed by atoms with E-state index in [1.807, 2.05) is 37.3 Å². The molecule has 0 radical (unpaired) electrons. The molecular formula is C17H18N2O3S2. The number of carbonyl (C=O) groups is 1. The minimum atomic E-state index is -2.97. The van der Waals surface area contributed by atoms with Crippen LogP contribution >= 0.6 is 11.8 Å². The number of nitrogens with zero attached hydrogens (tertiary/aromatic N) is 2. The van der Waals surface area contributed by atoms with Crippen LogP contribution in [0.3, 0.4) is 0 Å². The highest BCUT2D eigenvalue weighted by molar-refractivity contribution is 7.99. The average Bonchev–Trinajstić information content (AvgIpc) is 2.52. The predicted molar refractivity (Wildman–Crippen MR) is 94.1 cm³/mol. The molecule has 0 bridgehead atoms. The van der Waals surface area contributed by atoms with Crippen LogP contribution < -0.4 is 0 Å². The van der Waals surface area contributed by atoms with Gasteiger partial charge < -0.3 is 4.90 Å². The molecule has 5 nitrogen and oxygen atoms in total. The minimum Gasteiger partial charge on any atom is -0.337 e. The van der Waals surface area contributed by atoms with Gasteiger partial charge in [0.1, 0.15) is 5.03 Å². The lowest BCUT2D eigenvalue weighted by molar-refractivity contribution is 0.0746. The Labute approximate surface area is 146 Å². The van der Waals surface area contributed by atoms with Crippen LogP contribution in [0.1, 0.15) is 16.1 Å². The second-order valence-electron chi connectivity index (χ2n) is 5.87. The average molecular weight is 362 g/mol. The van der Waals surface area contributed by atoms with Crippen molar-refractivity contribution in [3.8, 4) is 0 Å². The van der Waals surface area contributed by atoms with Gasteiger partial charge in [0.15, 0.2) is 9.84 Å². The summed E-state index contributed by atoms with van der Waals surface area (Å²) >= 11 is 1.43. The first-order chi connectivity index (χ1) is 11.4. The van der Waals surface area contributed by atoms with Crippen LogP contribution in [0, 0.1) is 6.92 Å². The Morgan fingerprint density at radius 2 is 1.83 bits per heavy atom. The molecule has 24 heavy (non-hydrogen) atoms. The molecule has 2 aromatic rings. The Kier molecular flexibility index (Phi) is 4.64. The summed E-state index contributed by atoms with van der Waals surface area (Å²) < 4.78 is 22.7. The van der Waals surface area contributed by atoms with E-state index in [1.54, 1.807) is 19.2 Å². The van der Waals surface area contributed by atoms with Crippen LogP contribution in [0.4, 0.5) is 0 Å². The van der Waals surface area contributed by atoms with Crippen molar-refractivity contribution < 1.29 is 13.2 Å². The lowest BCUT2D eigenvalue weighted by atomic mass is 10.2. The standard InChI is InChI=1S/C17H18N2O3S2/c1-12-8-9-15(16(18-12)23-14-6-4-3-5-7-14)17(20)19(2)13-10-24(21,22)11-13/h3-9,13H,10-11H2,1-2H3. The molecule has 1 aromatic heterocycles. The highest BCUT2D eigenvalue weighted by Crippen LogP contribution is 2.30. The van der Waals surface area contributed by atoms with E-state index < -0.39 is 9.84 Å². The Bertz CT molecular complexity index is 855. The highest BCUT2D eigenvalue weighted by atomic mass is 32.2. The molecule has 0 unspecified atom stereocenters. The van der Waals surface area contributed by atoms with E-state index in [4.69, 9.17) is 0 Å². The van der Waals surface area contributed by atoms with Crippen LogP contribution in [0.5, 0.6) is 0 Å². The number of aryl methyl sites for hydroxylation is 1. The molecular weight excluding hydrogens is 344 g/mol. The number of benzene rings is 1. The van der Waals surface area contributed by atoms with E-state index in [2.05, 4.69) is 4.98 Å². The third kappa shape index (κ3) is 3.62. The van der Waals surface area contributed by atoms with Gasteiger partial charge in [-0.2, -0.15) is 0 Å². The molecule has 126 valence electrons. The maximum absolute atomic E-state index is 12.8. The van der Waals surface area contributed by atoms with Crippen molar-refractivity contribution in [2.45, 2.75) is 22.9 Å². The first-order valence-electron chi connectivity index (χ1n) is 7.54. The summed E-state index contributed by atoms with van der Waals surface area (Å²) in [6.07, 6.45) is 0. The van der Waals surface area contributed by atoms with Gasteiger partial charge in [-0.1, -0.05) is 30.0 Å². The fraction of sp³-hybridized carbons (Fsp3) is 0.294. The number of hydrogen-bond acceptors (Lipinski definition) is 5. The van der Waals surface area contributed by atoms with Gasteiger partial charge in [-0.25, -0.2) is 13.4 Å². The van der Waals surface area contributed by atoms with Gasteiger partial charge in [-0.05, 0) is 31.2 Å². The molecule has 1 fully saturated rings. The Morgan fingerprint density at radius 3 is 2.46 bits per heavy atom. The summed E-state index contributed by atoms with van der Waals surface area (Å²) in [5.41, 5.74) is 1.33. The maximum atomic E-state index is 12.8. The quantitative estimate of drug-likeness (QED) is 0.835. The molecule has 0 atom stereocenters. The van der Waals surface area contributed by atoms with Crippen molar-refractivity contribution in [3.05, 3.63) is 53.7 Å². The predicted octanol–water partition coefficient (Wildman–Crippen LogP) is 2.41. The topological polar surface area (TPSA) is 67.3 Å². The van der Waals surface area contributed by atoms with E-state index >= 15 is 0 Å². The molecule has 1 amide bonds. The Balaban J connectivity index is 1.86. The van der Waals surface area contributed by atoms with Crippen molar-refractivity contribution in [2.24, 2.45) is 0 Å². The van der Waals surface area contributed by atoms with E-state index in [1.165, 1.54) is 16.7 Å². The second kappa shape index (κ2) is 6.57. The monoisotopic (exact) mass is 362 g/mol. The van der Waals surface area contributed by atoms with Gasteiger partial charge in [0.05, 0.1) is 23.1 Å². The fourth-order valence-corrected chi connectivity index (χ4v) is 4.98. The minimum absolute atomic E-state index is 0.0374. The van der Waals surface area contributed by atoms with Crippen molar-refractivity contribution in [3.63, 3.8) is 0 Å². The second-order valence-corrected chi connectivity index (χ2v) is 9.08. The fourth-order valence-electron chi connectivity index (χ4n) is 2.49. The lowest BCUT2D eigenvalue weighted by Gasteiger charge is -2.34. The first kappa shape index (κ1) is 17.0. The van der Waals surface area contributed by atoms with Crippen LogP contribution in [0.2, 0.25) is 0 Å². The molecule has 1 aliphatic heterocycles. The summed E-state index contributed by atoms with van der Waals surface area (Å²) in [6, 6.07) is 13.0. The first-order valence-corrected chi connectivity index (χ1v) is 10.2. The lowest BCUT2D eigenvalue weighted by Crippen LogP contribution is -2.53. The molecule has 7 heteroatoms. The molecule has 0 aliphatic carbocycles. The van der Waals surface area contributed by atoms with Gasteiger partial charge in [0, 0.05) is 17.6 Å². The van der Waals surface area contributed by atoms with E-state index in [0.717, 1.165) is 10.6 Å². The highest BCUT2D eigenvalue weighted by Gasteiger charge is 2.38. The van der Waals surface area contributed by atoms with E-state index in [9.17, 15) is 13.2 Å². The molecule has 0 N–H and O–H groups in total. The van der Waals surface area contributed by atoms with E-state index in [-0.39, 0.29) is 23.5 Å². The molecule has 3 rings (SSSR count). The van der Waals surface area contributed by atoms with Gasteiger partial charge in [-0.15, -0.1) is 0 Å². The summed E-state index contributed by atoms with van der Waals surface area (Å²) in [4.78, 5) is 19.8. The zero-order valence-corrected chi connectivity index (χ0v) is 15.1. The molecule has 2 heterocycles. The summed E-state index contributed by atoms with van der Waals surface area (Å²) in [5.74, 6) is -0.119. The van der Waals surface area contributed by atoms with Crippen molar-refractivity contribution in [1.82, 2.24) is 9.88 Å².